The zero-order valence-electron chi connectivity index (χ0n) is 11.0. The summed E-state index contributed by atoms with van der Waals surface area (Å²) in [4.78, 5) is 0. The van der Waals surface area contributed by atoms with Crippen molar-refractivity contribution in [3.8, 4) is 0 Å². The van der Waals surface area contributed by atoms with Crippen LogP contribution in [-0.4, -0.2) is 25.8 Å². The highest BCUT2D eigenvalue weighted by Crippen LogP contribution is 2.33. The van der Waals surface area contributed by atoms with Crippen LogP contribution in [0.2, 0.25) is 0 Å². The smallest absolute Gasteiger partial charge is 0.0576 e. The van der Waals surface area contributed by atoms with E-state index in [0.29, 0.717) is 6.10 Å². The highest BCUT2D eigenvalue weighted by molar-refractivity contribution is 5.40. The van der Waals surface area contributed by atoms with Gasteiger partial charge in [0.05, 0.1) is 6.10 Å². The molecule has 98 valence electrons. The first-order chi connectivity index (χ1) is 8.93. The summed E-state index contributed by atoms with van der Waals surface area (Å²) in [6.45, 7) is 3.26. The molecule has 1 aromatic carbocycles. The minimum Gasteiger partial charge on any atom is -0.378 e. The maximum atomic E-state index is 5.63. The summed E-state index contributed by atoms with van der Waals surface area (Å²) in [6.07, 6.45) is 6.83. The third kappa shape index (κ3) is 2.76. The van der Waals surface area contributed by atoms with Crippen LogP contribution in [0.5, 0.6) is 0 Å². The molecule has 0 saturated carbocycles. The van der Waals surface area contributed by atoms with Crippen LogP contribution in [0.15, 0.2) is 24.3 Å². The van der Waals surface area contributed by atoms with Gasteiger partial charge in [-0.25, -0.2) is 0 Å². The van der Waals surface area contributed by atoms with Gasteiger partial charge >= 0.3 is 0 Å². The van der Waals surface area contributed by atoms with Crippen LogP contribution >= 0.6 is 0 Å². The molecule has 0 amide bonds. The predicted octanol–water partition coefficient (Wildman–Crippen LogP) is 2.88. The minimum absolute atomic E-state index is 0.552. The Balaban J connectivity index is 1.30. The Labute approximate surface area is 110 Å². The van der Waals surface area contributed by atoms with Crippen molar-refractivity contribution in [1.82, 2.24) is 5.32 Å². The number of hydrogen-bond acceptors (Lipinski definition) is 2. The number of nitrogens with one attached hydrogen (secondary N) is 1. The molecule has 2 atom stereocenters. The molecule has 0 spiro atoms. The molecule has 0 aromatic heterocycles. The first kappa shape index (κ1) is 12.2. The fourth-order valence-electron chi connectivity index (χ4n) is 3.15. The second-order valence-electron chi connectivity index (χ2n) is 5.58. The van der Waals surface area contributed by atoms with E-state index in [1.54, 1.807) is 11.1 Å². The Morgan fingerprint density at radius 3 is 3.06 bits per heavy atom. The van der Waals surface area contributed by atoms with Crippen LogP contribution in [0.1, 0.15) is 42.7 Å². The molecule has 1 saturated heterocycles. The molecule has 1 heterocycles. The maximum absolute atomic E-state index is 5.63. The monoisotopic (exact) mass is 245 g/mol. The van der Waals surface area contributed by atoms with E-state index in [9.17, 15) is 0 Å². The molecule has 0 radical (unpaired) electrons. The average molecular weight is 245 g/mol. The third-order valence-electron chi connectivity index (χ3n) is 4.26. The van der Waals surface area contributed by atoms with Gasteiger partial charge in [-0.15, -0.1) is 0 Å². The van der Waals surface area contributed by atoms with Crippen molar-refractivity contribution < 1.29 is 4.74 Å². The fourth-order valence-corrected chi connectivity index (χ4v) is 3.15. The van der Waals surface area contributed by atoms with Crippen molar-refractivity contribution in [2.45, 2.75) is 44.1 Å². The zero-order chi connectivity index (χ0) is 12.2. The zero-order valence-corrected chi connectivity index (χ0v) is 11.0. The second-order valence-corrected chi connectivity index (χ2v) is 5.58. The number of benzene rings is 1. The summed E-state index contributed by atoms with van der Waals surface area (Å²) in [5.74, 6) is 0.754. The third-order valence-corrected chi connectivity index (χ3v) is 4.26. The largest absolute Gasteiger partial charge is 0.378 e. The van der Waals surface area contributed by atoms with E-state index < -0.39 is 0 Å². The van der Waals surface area contributed by atoms with Gasteiger partial charge in [-0.1, -0.05) is 24.3 Å². The normalized spacial score (nSPS) is 25.8. The summed E-state index contributed by atoms with van der Waals surface area (Å²) in [6, 6.07) is 8.83. The number of hydrogen-bond donors (Lipinski definition) is 1. The molecule has 1 aromatic rings. The van der Waals surface area contributed by atoms with Crippen LogP contribution in [0.3, 0.4) is 0 Å². The number of fused-ring (bicyclic) bond motifs is 1. The lowest BCUT2D eigenvalue weighted by Crippen LogP contribution is -2.29. The standard InChI is InChI=1S/C16H23NO/c1-2-8-16-13(5-1)11-14(16)12-17-9-3-6-15-7-4-10-18-15/h1-2,5,8,14-15,17H,3-4,6-7,9-12H2. The van der Waals surface area contributed by atoms with Gasteiger partial charge < -0.3 is 10.1 Å². The Hall–Kier alpha value is -0.860. The van der Waals surface area contributed by atoms with Crippen molar-refractivity contribution in [3.63, 3.8) is 0 Å². The van der Waals surface area contributed by atoms with Crippen LogP contribution in [0.4, 0.5) is 0 Å². The van der Waals surface area contributed by atoms with E-state index in [0.717, 1.165) is 25.6 Å². The van der Waals surface area contributed by atoms with Crippen LogP contribution in [0, 0.1) is 0 Å². The predicted molar refractivity (Wildman–Crippen MR) is 74.0 cm³/mol. The van der Waals surface area contributed by atoms with E-state index >= 15 is 0 Å². The molecule has 0 bridgehead atoms. The molecule has 1 N–H and O–H groups in total. The number of ether oxygens (including phenoxy) is 1. The molecule has 18 heavy (non-hydrogen) atoms. The quantitative estimate of drug-likeness (QED) is 0.778. The molecule has 2 unspecified atom stereocenters. The van der Waals surface area contributed by atoms with Crippen molar-refractivity contribution in [2.75, 3.05) is 19.7 Å². The van der Waals surface area contributed by atoms with E-state index in [-0.39, 0.29) is 0 Å². The molecule has 1 aliphatic carbocycles. The van der Waals surface area contributed by atoms with E-state index in [2.05, 4.69) is 29.6 Å². The summed E-state index contributed by atoms with van der Waals surface area (Å²) in [5, 5.41) is 3.60. The van der Waals surface area contributed by atoms with E-state index in [1.807, 2.05) is 0 Å². The van der Waals surface area contributed by atoms with Gasteiger partial charge in [0.25, 0.3) is 0 Å². The van der Waals surface area contributed by atoms with Gasteiger partial charge in [-0.05, 0) is 49.8 Å². The van der Waals surface area contributed by atoms with Gasteiger partial charge in [0.1, 0.15) is 0 Å². The van der Waals surface area contributed by atoms with Gasteiger partial charge in [0.15, 0.2) is 0 Å². The SMILES string of the molecule is c1ccc2c(c1)CC2CNCCCC1CCCO1. The van der Waals surface area contributed by atoms with Crippen molar-refractivity contribution in [1.29, 1.82) is 0 Å². The molecule has 1 fully saturated rings. The van der Waals surface area contributed by atoms with Crippen LogP contribution in [0.25, 0.3) is 0 Å². The maximum Gasteiger partial charge on any atom is 0.0576 e. The van der Waals surface area contributed by atoms with Gasteiger partial charge in [-0.3, -0.25) is 0 Å². The number of rotatable bonds is 6. The van der Waals surface area contributed by atoms with Gasteiger partial charge in [-0.2, -0.15) is 0 Å². The van der Waals surface area contributed by atoms with Crippen molar-refractivity contribution in [2.24, 2.45) is 0 Å². The highest BCUT2D eigenvalue weighted by atomic mass is 16.5. The highest BCUT2D eigenvalue weighted by Gasteiger charge is 2.24. The second kappa shape index (κ2) is 5.85. The van der Waals surface area contributed by atoms with Crippen molar-refractivity contribution >= 4 is 0 Å². The first-order valence-electron chi connectivity index (χ1n) is 7.33. The lowest BCUT2D eigenvalue weighted by atomic mass is 9.77. The molecule has 2 aliphatic rings. The lowest BCUT2D eigenvalue weighted by molar-refractivity contribution is 0.102. The van der Waals surface area contributed by atoms with Crippen molar-refractivity contribution in [3.05, 3.63) is 35.4 Å². The summed E-state index contributed by atoms with van der Waals surface area (Å²) >= 11 is 0. The van der Waals surface area contributed by atoms with Gasteiger partial charge in [0.2, 0.25) is 0 Å². The molecule has 1 aliphatic heterocycles. The summed E-state index contributed by atoms with van der Waals surface area (Å²) in [7, 11) is 0. The van der Waals surface area contributed by atoms with Crippen LogP contribution in [-0.2, 0) is 11.2 Å². The molecular weight excluding hydrogens is 222 g/mol. The topological polar surface area (TPSA) is 21.3 Å². The summed E-state index contributed by atoms with van der Waals surface area (Å²) < 4.78 is 5.63. The van der Waals surface area contributed by atoms with Crippen LogP contribution < -0.4 is 5.32 Å². The molecule has 3 rings (SSSR count). The average Bonchev–Trinajstić information content (AvgIpc) is 2.87. The lowest BCUT2D eigenvalue weighted by Gasteiger charge is -2.30. The van der Waals surface area contributed by atoms with Gasteiger partial charge in [0, 0.05) is 19.1 Å². The molecule has 2 nitrogen and oxygen atoms in total. The Kier molecular flexibility index (Phi) is 3.96. The first-order valence-corrected chi connectivity index (χ1v) is 7.33. The molecule has 2 heteroatoms. The van der Waals surface area contributed by atoms with E-state index in [1.165, 1.54) is 32.1 Å². The fraction of sp³-hybridized carbons (Fsp3) is 0.625. The Morgan fingerprint density at radius 2 is 2.22 bits per heavy atom. The Bertz CT molecular complexity index is 384. The Morgan fingerprint density at radius 1 is 1.28 bits per heavy atom. The summed E-state index contributed by atoms with van der Waals surface area (Å²) in [5.41, 5.74) is 3.10. The van der Waals surface area contributed by atoms with E-state index in [4.69, 9.17) is 4.74 Å². The molecular formula is C16H23NO. The minimum atomic E-state index is 0.552.